The van der Waals surface area contributed by atoms with E-state index >= 15 is 0 Å². The van der Waals surface area contributed by atoms with Gasteiger partial charge >= 0.3 is 0 Å². The fourth-order valence-corrected chi connectivity index (χ4v) is 4.60. The first kappa shape index (κ1) is 22.1. The molecule has 2 aromatic carbocycles. The second kappa shape index (κ2) is 10.0. The van der Waals surface area contributed by atoms with E-state index in [1.165, 1.54) is 16.7 Å². The molecule has 6 heteroatoms. The fraction of sp³-hybridized carbons (Fsp3) is 0.308. The highest BCUT2D eigenvalue weighted by molar-refractivity contribution is 5.93. The smallest absolute Gasteiger partial charge is 0.274 e. The molecular weight excluding hydrogens is 400 g/mol. The first-order valence-electron chi connectivity index (χ1n) is 11.0. The Balaban J connectivity index is 1.39. The van der Waals surface area contributed by atoms with Gasteiger partial charge in [-0.1, -0.05) is 30.3 Å². The standard InChI is InChI=1S/C26H30N4O2/c1-19-15-29(17-21-6-8-24(9-7-21)26(31)28-32)16-20(2)30(19)18-22-4-3-5-25(14-22)23-10-12-27-13-11-23/h3-14,19-20,32H,15-18H2,1-2H3,(H,28,31). The molecule has 0 aliphatic carbocycles. The van der Waals surface area contributed by atoms with E-state index in [-0.39, 0.29) is 0 Å². The SMILES string of the molecule is CC1CN(Cc2ccc(C(=O)NO)cc2)CC(C)N1Cc1cccc(-c2ccncc2)c1. The van der Waals surface area contributed by atoms with Crippen molar-refractivity contribution in [1.29, 1.82) is 0 Å². The average Bonchev–Trinajstić information content (AvgIpc) is 2.82. The van der Waals surface area contributed by atoms with E-state index in [4.69, 9.17) is 5.21 Å². The molecule has 32 heavy (non-hydrogen) atoms. The van der Waals surface area contributed by atoms with Crippen molar-refractivity contribution in [2.75, 3.05) is 13.1 Å². The quantitative estimate of drug-likeness (QED) is 0.458. The number of benzene rings is 2. The van der Waals surface area contributed by atoms with Crippen LogP contribution < -0.4 is 5.48 Å². The van der Waals surface area contributed by atoms with Gasteiger partial charge in [0.05, 0.1) is 0 Å². The Labute approximate surface area is 189 Å². The van der Waals surface area contributed by atoms with Gasteiger partial charge in [-0.05, 0) is 66.4 Å². The number of aromatic nitrogens is 1. The third-order valence-corrected chi connectivity index (χ3v) is 6.21. The number of carbonyl (C=O) groups is 1. The number of hydrogen-bond donors (Lipinski definition) is 2. The predicted octanol–water partition coefficient (Wildman–Crippen LogP) is 3.96. The molecule has 2 atom stereocenters. The summed E-state index contributed by atoms with van der Waals surface area (Å²) in [6.07, 6.45) is 3.67. The molecule has 2 unspecified atom stereocenters. The highest BCUT2D eigenvalue weighted by atomic mass is 16.5. The Hall–Kier alpha value is -3.06. The first-order valence-corrected chi connectivity index (χ1v) is 11.0. The lowest BCUT2D eigenvalue weighted by atomic mass is 10.0. The molecule has 0 saturated carbocycles. The molecule has 0 bridgehead atoms. The van der Waals surface area contributed by atoms with Gasteiger partial charge in [-0.15, -0.1) is 0 Å². The zero-order chi connectivity index (χ0) is 22.5. The molecule has 6 nitrogen and oxygen atoms in total. The second-order valence-electron chi connectivity index (χ2n) is 8.64. The molecule has 1 fully saturated rings. The number of pyridine rings is 1. The predicted molar refractivity (Wildman–Crippen MR) is 125 cm³/mol. The number of piperazine rings is 1. The van der Waals surface area contributed by atoms with E-state index in [9.17, 15) is 4.79 Å². The summed E-state index contributed by atoms with van der Waals surface area (Å²) < 4.78 is 0. The molecule has 1 aliphatic rings. The zero-order valence-electron chi connectivity index (χ0n) is 18.6. The molecule has 3 aromatic rings. The van der Waals surface area contributed by atoms with Gasteiger partial charge in [-0.2, -0.15) is 0 Å². The van der Waals surface area contributed by atoms with Gasteiger partial charge in [-0.25, -0.2) is 5.48 Å². The molecule has 1 aromatic heterocycles. The largest absolute Gasteiger partial charge is 0.296 e. The third kappa shape index (κ3) is 5.22. The van der Waals surface area contributed by atoms with Crippen LogP contribution in [0.5, 0.6) is 0 Å². The normalized spacial score (nSPS) is 19.6. The molecule has 1 amide bonds. The highest BCUT2D eigenvalue weighted by Crippen LogP contribution is 2.24. The molecule has 2 N–H and O–H groups in total. The van der Waals surface area contributed by atoms with E-state index in [2.05, 4.69) is 52.9 Å². The lowest BCUT2D eigenvalue weighted by Crippen LogP contribution is -2.55. The van der Waals surface area contributed by atoms with Crippen molar-refractivity contribution in [2.45, 2.75) is 39.0 Å². The number of rotatable bonds is 6. The number of carbonyl (C=O) groups excluding carboxylic acids is 1. The van der Waals surface area contributed by atoms with Crippen LogP contribution in [0.15, 0.2) is 73.1 Å². The van der Waals surface area contributed by atoms with Gasteiger partial charge in [0.2, 0.25) is 0 Å². The molecule has 166 valence electrons. The lowest BCUT2D eigenvalue weighted by Gasteiger charge is -2.44. The summed E-state index contributed by atoms with van der Waals surface area (Å²) in [6, 6.07) is 21.2. The van der Waals surface area contributed by atoms with Crippen LogP contribution in [0.1, 0.15) is 35.3 Å². The molecule has 4 rings (SSSR count). The summed E-state index contributed by atoms with van der Waals surface area (Å²) in [4.78, 5) is 20.7. The van der Waals surface area contributed by atoms with Crippen LogP contribution in [0.25, 0.3) is 11.1 Å². The molecule has 0 radical (unpaired) electrons. The Kier molecular flexibility index (Phi) is 6.95. The Bertz CT molecular complexity index is 1030. The van der Waals surface area contributed by atoms with E-state index in [1.54, 1.807) is 17.6 Å². The summed E-state index contributed by atoms with van der Waals surface area (Å²) in [5.41, 5.74) is 7.03. The number of amides is 1. The molecule has 1 saturated heterocycles. The molecule has 0 spiro atoms. The fourth-order valence-electron chi connectivity index (χ4n) is 4.60. The van der Waals surface area contributed by atoms with Crippen LogP contribution >= 0.6 is 0 Å². The van der Waals surface area contributed by atoms with Gasteiger partial charge in [0.1, 0.15) is 0 Å². The Morgan fingerprint density at radius 1 is 0.938 bits per heavy atom. The van der Waals surface area contributed by atoms with E-state index in [0.29, 0.717) is 17.6 Å². The second-order valence-corrected chi connectivity index (χ2v) is 8.64. The average molecular weight is 431 g/mol. The monoisotopic (exact) mass is 430 g/mol. The Morgan fingerprint density at radius 3 is 2.28 bits per heavy atom. The van der Waals surface area contributed by atoms with Crippen LogP contribution in [-0.4, -0.2) is 51.1 Å². The maximum absolute atomic E-state index is 11.5. The van der Waals surface area contributed by atoms with Crippen molar-refractivity contribution in [3.8, 4) is 11.1 Å². The van der Waals surface area contributed by atoms with E-state index in [0.717, 1.165) is 31.7 Å². The number of hydroxylamine groups is 1. The lowest BCUT2D eigenvalue weighted by molar-refractivity contribution is 0.0290. The molecule has 1 aliphatic heterocycles. The summed E-state index contributed by atoms with van der Waals surface area (Å²) in [5.74, 6) is -0.486. The van der Waals surface area contributed by atoms with Crippen molar-refractivity contribution < 1.29 is 10.0 Å². The Morgan fingerprint density at radius 2 is 1.62 bits per heavy atom. The van der Waals surface area contributed by atoms with Crippen LogP contribution in [0.2, 0.25) is 0 Å². The highest BCUT2D eigenvalue weighted by Gasteiger charge is 2.29. The van der Waals surface area contributed by atoms with Crippen molar-refractivity contribution in [2.24, 2.45) is 0 Å². The van der Waals surface area contributed by atoms with Crippen molar-refractivity contribution in [1.82, 2.24) is 20.3 Å². The maximum atomic E-state index is 11.5. The van der Waals surface area contributed by atoms with Crippen molar-refractivity contribution >= 4 is 5.91 Å². The van der Waals surface area contributed by atoms with Crippen molar-refractivity contribution in [3.63, 3.8) is 0 Å². The summed E-state index contributed by atoms with van der Waals surface area (Å²) >= 11 is 0. The van der Waals surface area contributed by atoms with Gasteiger partial charge in [-0.3, -0.25) is 24.8 Å². The van der Waals surface area contributed by atoms with Crippen molar-refractivity contribution in [3.05, 3.63) is 89.7 Å². The summed E-state index contributed by atoms with van der Waals surface area (Å²) in [6.45, 7) is 8.36. The minimum absolute atomic E-state index is 0.433. The van der Waals surface area contributed by atoms with Crippen LogP contribution in [-0.2, 0) is 13.1 Å². The first-order chi connectivity index (χ1) is 15.5. The van der Waals surface area contributed by atoms with Gasteiger partial charge in [0, 0.05) is 56.2 Å². The van der Waals surface area contributed by atoms with Gasteiger partial charge in [0.15, 0.2) is 0 Å². The summed E-state index contributed by atoms with van der Waals surface area (Å²) in [5, 5.41) is 8.77. The minimum Gasteiger partial charge on any atom is -0.296 e. The van der Waals surface area contributed by atoms with Crippen LogP contribution in [0, 0.1) is 0 Å². The number of nitrogens with zero attached hydrogens (tertiary/aromatic N) is 3. The zero-order valence-corrected chi connectivity index (χ0v) is 18.6. The summed E-state index contributed by atoms with van der Waals surface area (Å²) in [7, 11) is 0. The van der Waals surface area contributed by atoms with Crippen LogP contribution in [0.3, 0.4) is 0 Å². The minimum atomic E-state index is -0.486. The molecule has 2 heterocycles. The third-order valence-electron chi connectivity index (χ3n) is 6.21. The molecular formula is C26H30N4O2. The maximum Gasteiger partial charge on any atom is 0.274 e. The van der Waals surface area contributed by atoms with Gasteiger partial charge in [0.25, 0.3) is 5.91 Å². The van der Waals surface area contributed by atoms with E-state index in [1.807, 2.05) is 36.7 Å². The van der Waals surface area contributed by atoms with E-state index < -0.39 is 5.91 Å². The number of nitrogens with one attached hydrogen (secondary N) is 1. The van der Waals surface area contributed by atoms with Gasteiger partial charge < -0.3 is 0 Å². The number of hydrogen-bond acceptors (Lipinski definition) is 5. The topological polar surface area (TPSA) is 68.7 Å². The van der Waals surface area contributed by atoms with Crippen LogP contribution in [0.4, 0.5) is 0 Å².